The molecule has 2 heterocycles. The van der Waals surface area contributed by atoms with Gasteiger partial charge in [0.05, 0.1) is 6.20 Å². The van der Waals surface area contributed by atoms with Gasteiger partial charge in [-0.25, -0.2) is 9.67 Å². The van der Waals surface area contributed by atoms with Crippen molar-refractivity contribution in [2.24, 2.45) is 5.73 Å². The van der Waals surface area contributed by atoms with E-state index in [4.69, 9.17) is 5.73 Å². The molecule has 0 spiro atoms. The molecule has 0 radical (unpaired) electrons. The fourth-order valence-corrected chi connectivity index (χ4v) is 1.74. The maximum Gasteiger partial charge on any atom is 0.157 e. The van der Waals surface area contributed by atoms with Crippen LogP contribution >= 0.6 is 15.9 Å². The molecule has 2 aromatic heterocycles. The van der Waals surface area contributed by atoms with E-state index < -0.39 is 0 Å². The van der Waals surface area contributed by atoms with Crippen LogP contribution in [0.5, 0.6) is 0 Å². The molecule has 0 unspecified atom stereocenters. The average Bonchev–Trinajstić information content (AvgIpc) is 2.64. The van der Waals surface area contributed by atoms with Crippen molar-refractivity contribution >= 4 is 15.9 Å². The number of pyridine rings is 1. The molecule has 2 N–H and O–H groups in total. The van der Waals surface area contributed by atoms with Crippen molar-refractivity contribution in [1.29, 1.82) is 0 Å². The van der Waals surface area contributed by atoms with Gasteiger partial charge in [-0.15, -0.1) is 0 Å². The van der Waals surface area contributed by atoms with Gasteiger partial charge in [-0.2, -0.15) is 5.10 Å². The number of aryl methyl sites for hydroxylation is 1. The van der Waals surface area contributed by atoms with Gasteiger partial charge in [-0.3, -0.25) is 0 Å². The zero-order valence-electron chi connectivity index (χ0n) is 8.31. The monoisotopic (exact) mass is 266 g/mol. The van der Waals surface area contributed by atoms with Crippen LogP contribution in [0.4, 0.5) is 0 Å². The third-order valence-corrected chi connectivity index (χ3v) is 2.49. The Hall–Kier alpha value is -1.20. The number of halogens is 1. The van der Waals surface area contributed by atoms with Crippen LogP contribution in [0, 0.1) is 6.92 Å². The zero-order valence-corrected chi connectivity index (χ0v) is 9.90. The Morgan fingerprint density at radius 3 is 2.87 bits per heavy atom. The van der Waals surface area contributed by atoms with Crippen molar-refractivity contribution in [3.63, 3.8) is 0 Å². The molecule has 2 rings (SSSR count). The summed E-state index contributed by atoms with van der Waals surface area (Å²) in [6.45, 7) is 2.44. The second kappa shape index (κ2) is 4.12. The first kappa shape index (κ1) is 10.3. The SMILES string of the molecule is Cc1cnn(-c2ncc(Br)cc2CN)c1. The number of hydrogen-bond acceptors (Lipinski definition) is 3. The summed E-state index contributed by atoms with van der Waals surface area (Å²) >= 11 is 3.37. The van der Waals surface area contributed by atoms with E-state index in [1.54, 1.807) is 17.1 Å². The van der Waals surface area contributed by atoms with Gasteiger partial charge >= 0.3 is 0 Å². The lowest BCUT2D eigenvalue weighted by molar-refractivity contribution is 0.822. The van der Waals surface area contributed by atoms with E-state index in [0.717, 1.165) is 21.4 Å². The zero-order chi connectivity index (χ0) is 10.8. The summed E-state index contributed by atoms with van der Waals surface area (Å²) in [5.41, 5.74) is 7.73. The van der Waals surface area contributed by atoms with E-state index in [1.807, 2.05) is 19.2 Å². The minimum Gasteiger partial charge on any atom is -0.326 e. The van der Waals surface area contributed by atoms with Crippen LogP contribution in [0.2, 0.25) is 0 Å². The molecule has 78 valence electrons. The second-order valence-corrected chi connectivity index (χ2v) is 4.22. The highest BCUT2D eigenvalue weighted by Crippen LogP contribution is 2.16. The van der Waals surface area contributed by atoms with Crippen molar-refractivity contribution in [3.8, 4) is 5.82 Å². The van der Waals surface area contributed by atoms with Crippen molar-refractivity contribution in [2.45, 2.75) is 13.5 Å². The summed E-state index contributed by atoms with van der Waals surface area (Å²) in [7, 11) is 0. The molecule has 0 atom stereocenters. The summed E-state index contributed by atoms with van der Waals surface area (Å²) in [5, 5.41) is 4.21. The first-order valence-corrected chi connectivity index (χ1v) is 5.36. The molecule has 0 bridgehead atoms. The molecule has 4 nitrogen and oxygen atoms in total. The third kappa shape index (κ3) is 2.08. The minimum absolute atomic E-state index is 0.445. The van der Waals surface area contributed by atoms with E-state index >= 15 is 0 Å². The Balaban J connectivity index is 2.52. The summed E-state index contributed by atoms with van der Waals surface area (Å²) in [4.78, 5) is 4.31. The normalized spacial score (nSPS) is 10.6. The van der Waals surface area contributed by atoms with E-state index in [-0.39, 0.29) is 0 Å². The lowest BCUT2D eigenvalue weighted by Gasteiger charge is -2.06. The Kier molecular flexibility index (Phi) is 2.83. The van der Waals surface area contributed by atoms with E-state index in [1.165, 1.54) is 0 Å². The molecule has 0 saturated carbocycles. The van der Waals surface area contributed by atoms with Crippen LogP contribution in [0.3, 0.4) is 0 Å². The minimum atomic E-state index is 0.445. The van der Waals surface area contributed by atoms with Crippen LogP contribution < -0.4 is 5.73 Å². The maximum absolute atomic E-state index is 5.66. The molecular formula is C10H11BrN4. The summed E-state index contributed by atoms with van der Waals surface area (Å²) in [6.07, 6.45) is 5.46. The van der Waals surface area contributed by atoms with Crippen molar-refractivity contribution in [1.82, 2.24) is 14.8 Å². The topological polar surface area (TPSA) is 56.7 Å². The van der Waals surface area contributed by atoms with Gasteiger partial charge in [-0.05, 0) is 34.5 Å². The average molecular weight is 267 g/mol. The lowest BCUT2D eigenvalue weighted by atomic mass is 10.2. The highest BCUT2D eigenvalue weighted by Gasteiger charge is 2.06. The number of rotatable bonds is 2. The molecule has 0 aliphatic heterocycles. The van der Waals surface area contributed by atoms with Gasteiger partial charge in [0.2, 0.25) is 0 Å². The maximum atomic E-state index is 5.66. The predicted molar refractivity (Wildman–Crippen MR) is 61.7 cm³/mol. The first-order chi connectivity index (χ1) is 7.20. The molecular weight excluding hydrogens is 256 g/mol. The van der Waals surface area contributed by atoms with Gasteiger partial charge in [0.1, 0.15) is 0 Å². The summed E-state index contributed by atoms with van der Waals surface area (Å²) < 4.78 is 2.67. The van der Waals surface area contributed by atoms with Gasteiger partial charge in [0, 0.05) is 29.0 Å². The molecule has 0 aliphatic carbocycles. The van der Waals surface area contributed by atoms with Crippen molar-refractivity contribution < 1.29 is 0 Å². The van der Waals surface area contributed by atoms with Crippen LogP contribution in [-0.4, -0.2) is 14.8 Å². The molecule has 15 heavy (non-hydrogen) atoms. The third-order valence-electron chi connectivity index (χ3n) is 2.06. The Labute approximate surface area is 96.3 Å². The Morgan fingerprint density at radius 1 is 1.47 bits per heavy atom. The molecule has 0 aliphatic rings. The predicted octanol–water partition coefficient (Wildman–Crippen LogP) is 1.80. The summed E-state index contributed by atoms with van der Waals surface area (Å²) in [5.74, 6) is 0.786. The van der Waals surface area contributed by atoms with E-state index in [0.29, 0.717) is 6.54 Å². The van der Waals surface area contributed by atoms with Crippen LogP contribution in [0.15, 0.2) is 29.1 Å². The van der Waals surface area contributed by atoms with Crippen molar-refractivity contribution in [3.05, 3.63) is 40.3 Å². The Morgan fingerprint density at radius 2 is 2.27 bits per heavy atom. The number of nitrogens with zero attached hydrogens (tertiary/aromatic N) is 3. The van der Waals surface area contributed by atoms with E-state index in [9.17, 15) is 0 Å². The second-order valence-electron chi connectivity index (χ2n) is 3.30. The fraction of sp³-hybridized carbons (Fsp3) is 0.200. The number of hydrogen-bond donors (Lipinski definition) is 1. The van der Waals surface area contributed by atoms with Gasteiger partial charge in [0.25, 0.3) is 0 Å². The summed E-state index contributed by atoms with van der Waals surface area (Å²) in [6, 6.07) is 1.96. The standard InChI is InChI=1S/C10H11BrN4/c1-7-4-14-15(6-7)10-8(3-12)2-9(11)5-13-10/h2,4-6H,3,12H2,1H3. The first-order valence-electron chi connectivity index (χ1n) is 4.57. The lowest BCUT2D eigenvalue weighted by Crippen LogP contribution is -2.07. The highest BCUT2D eigenvalue weighted by atomic mass is 79.9. The fourth-order valence-electron chi connectivity index (χ4n) is 1.36. The van der Waals surface area contributed by atoms with Crippen LogP contribution in [0.1, 0.15) is 11.1 Å². The van der Waals surface area contributed by atoms with Crippen LogP contribution in [0.25, 0.3) is 5.82 Å². The molecule has 5 heteroatoms. The van der Waals surface area contributed by atoms with Gasteiger partial charge in [0.15, 0.2) is 5.82 Å². The van der Waals surface area contributed by atoms with Crippen LogP contribution in [-0.2, 0) is 6.54 Å². The highest BCUT2D eigenvalue weighted by molar-refractivity contribution is 9.10. The number of nitrogens with two attached hydrogens (primary N) is 1. The Bertz CT molecular complexity index is 478. The molecule has 0 amide bonds. The van der Waals surface area contributed by atoms with Gasteiger partial charge in [-0.1, -0.05) is 0 Å². The van der Waals surface area contributed by atoms with Crippen molar-refractivity contribution in [2.75, 3.05) is 0 Å². The van der Waals surface area contributed by atoms with Gasteiger partial charge < -0.3 is 5.73 Å². The quantitative estimate of drug-likeness (QED) is 0.902. The molecule has 0 saturated heterocycles. The molecule has 2 aromatic rings. The largest absolute Gasteiger partial charge is 0.326 e. The smallest absolute Gasteiger partial charge is 0.157 e. The number of aromatic nitrogens is 3. The molecule has 0 aromatic carbocycles. The van der Waals surface area contributed by atoms with E-state index in [2.05, 4.69) is 26.0 Å². The molecule has 0 fully saturated rings.